The summed E-state index contributed by atoms with van der Waals surface area (Å²) < 4.78 is 5.31. The van der Waals surface area contributed by atoms with E-state index in [4.69, 9.17) is 4.52 Å². The number of aryl methyl sites for hydroxylation is 3. The van der Waals surface area contributed by atoms with Crippen LogP contribution in [0.5, 0.6) is 0 Å². The SMILES string of the molecule is CCCCc1noc(C)c1C=Cc1nc(C)c(C(=O)NCCC)s1. The molecule has 0 bridgehead atoms. The Hall–Kier alpha value is -1.95. The van der Waals surface area contributed by atoms with E-state index in [9.17, 15) is 4.79 Å². The van der Waals surface area contributed by atoms with Gasteiger partial charge in [-0.05, 0) is 45.3 Å². The molecule has 0 aromatic carbocycles. The Morgan fingerprint density at radius 2 is 2.04 bits per heavy atom. The third kappa shape index (κ3) is 4.54. The minimum atomic E-state index is -0.0451. The summed E-state index contributed by atoms with van der Waals surface area (Å²) in [6.07, 6.45) is 7.96. The topological polar surface area (TPSA) is 68.0 Å². The average Bonchev–Trinajstić information content (AvgIpc) is 3.11. The van der Waals surface area contributed by atoms with Crippen molar-refractivity contribution in [1.29, 1.82) is 0 Å². The van der Waals surface area contributed by atoms with Gasteiger partial charge in [0.25, 0.3) is 5.91 Å². The van der Waals surface area contributed by atoms with Gasteiger partial charge in [-0.15, -0.1) is 11.3 Å². The monoisotopic (exact) mass is 347 g/mol. The minimum Gasteiger partial charge on any atom is -0.361 e. The van der Waals surface area contributed by atoms with Crippen LogP contribution >= 0.6 is 11.3 Å². The molecule has 2 rings (SSSR count). The van der Waals surface area contributed by atoms with Crippen LogP contribution in [0.25, 0.3) is 12.2 Å². The zero-order chi connectivity index (χ0) is 17.5. The van der Waals surface area contributed by atoms with Crippen molar-refractivity contribution in [2.45, 2.75) is 53.4 Å². The van der Waals surface area contributed by atoms with E-state index >= 15 is 0 Å². The zero-order valence-electron chi connectivity index (χ0n) is 14.8. The summed E-state index contributed by atoms with van der Waals surface area (Å²) in [6.45, 7) is 8.66. The van der Waals surface area contributed by atoms with Crippen molar-refractivity contribution < 1.29 is 9.32 Å². The van der Waals surface area contributed by atoms with Crippen LogP contribution in [0.1, 0.15) is 70.5 Å². The molecule has 0 radical (unpaired) electrons. The smallest absolute Gasteiger partial charge is 0.263 e. The maximum absolute atomic E-state index is 12.1. The summed E-state index contributed by atoms with van der Waals surface area (Å²) in [5.41, 5.74) is 2.77. The fourth-order valence-electron chi connectivity index (χ4n) is 2.34. The van der Waals surface area contributed by atoms with Gasteiger partial charge in [0.1, 0.15) is 15.6 Å². The lowest BCUT2D eigenvalue weighted by Gasteiger charge is -2.00. The molecule has 2 heterocycles. The molecular formula is C18H25N3O2S. The molecule has 0 aliphatic rings. The summed E-state index contributed by atoms with van der Waals surface area (Å²) in [5.74, 6) is 0.767. The second-order valence-corrected chi connectivity index (χ2v) is 6.79. The highest BCUT2D eigenvalue weighted by molar-refractivity contribution is 7.14. The van der Waals surface area contributed by atoms with E-state index in [-0.39, 0.29) is 5.91 Å². The van der Waals surface area contributed by atoms with Crippen LogP contribution in [0.2, 0.25) is 0 Å². The van der Waals surface area contributed by atoms with Crippen molar-refractivity contribution in [3.8, 4) is 0 Å². The highest BCUT2D eigenvalue weighted by atomic mass is 32.1. The molecule has 130 valence electrons. The maximum Gasteiger partial charge on any atom is 0.263 e. The van der Waals surface area contributed by atoms with Gasteiger partial charge in [-0.2, -0.15) is 0 Å². The van der Waals surface area contributed by atoms with Gasteiger partial charge < -0.3 is 9.84 Å². The summed E-state index contributed by atoms with van der Waals surface area (Å²) in [4.78, 5) is 17.3. The first-order valence-electron chi connectivity index (χ1n) is 8.45. The maximum atomic E-state index is 12.1. The zero-order valence-corrected chi connectivity index (χ0v) is 15.6. The fourth-order valence-corrected chi connectivity index (χ4v) is 3.22. The number of aromatic nitrogens is 2. The highest BCUT2D eigenvalue weighted by Gasteiger charge is 2.14. The fraction of sp³-hybridized carbons (Fsp3) is 0.500. The van der Waals surface area contributed by atoms with Gasteiger partial charge in [0.15, 0.2) is 0 Å². The van der Waals surface area contributed by atoms with Gasteiger partial charge in [-0.25, -0.2) is 4.98 Å². The van der Waals surface area contributed by atoms with Crippen molar-refractivity contribution in [1.82, 2.24) is 15.5 Å². The Bertz CT molecular complexity index is 716. The van der Waals surface area contributed by atoms with E-state index in [0.717, 1.165) is 53.4 Å². The molecule has 0 atom stereocenters. The number of thiazole rings is 1. The first-order chi connectivity index (χ1) is 11.6. The second kappa shape index (κ2) is 8.78. The van der Waals surface area contributed by atoms with Crippen LogP contribution < -0.4 is 5.32 Å². The molecule has 2 aromatic heterocycles. The van der Waals surface area contributed by atoms with Crippen LogP contribution in [0.3, 0.4) is 0 Å². The number of unbranched alkanes of at least 4 members (excludes halogenated alkanes) is 1. The predicted octanol–water partition coefficient (Wildman–Crippen LogP) is 4.40. The number of hydrogen-bond acceptors (Lipinski definition) is 5. The molecule has 0 unspecified atom stereocenters. The molecule has 6 heteroatoms. The van der Waals surface area contributed by atoms with Gasteiger partial charge in [-0.3, -0.25) is 4.79 Å². The molecule has 0 saturated heterocycles. The Balaban J connectivity index is 2.15. The molecular weight excluding hydrogens is 322 g/mol. The summed E-state index contributed by atoms with van der Waals surface area (Å²) >= 11 is 1.41. The van der Waals surface area contributed by atoms with Crippen LogP contribution in [0.4, 0.5) is 0 Å². The summed E-state index contributed by atoms with van der Waals surface area (Å²) in [5, 5.41) is 7.86. The Morgan fingerprint density at radius 1 is 1.25 bits per heavy atom. The third-order valence-electron chi connectivity index (χ3n) is 3.70. The molecule has 0 spiro atoms. The quantitative estimate of drug-likeness (QED) is 0.768. The number of amides is 1. The van der Waals surface area contributed by atoms with Crippen LogP contribution in [0.15, 0.2) is 4.52 Å². The number of carbonyl (C=O) groups is 1. The molecule has 5 nitrogen and oxygen atoms in total. The summed E-state index contributed by atoms with van der Waals surface area (Å²) in [7, 11) is 0. The van der Waals surface area contributed by atoms with E-state index in [1.165, 1.54) is 11.3 Å². The molecule has 0 aliphatic carbocycles. The van der Waals surface area contributed by atoms with Gasteiger partial charge in [0.2, 0.25) is 0 Å². The second-order valence-electron chi connectivity index (χ2n) is 5.76. The third-order valence-corrected chi connectivity index (χ3v) is 4.82. The van der Waals surface area contributed by atoms with Crippen LogP contribution in [0, 0.1) is 13.8 Å². The van der Waals surface area contributed by atoms with E-state index < -0.39 is 0 Å². The predicted molar refractivity (Wildman–Crippen MR) is 98.3 cm³/mol. The molecule has 2 aromatic rings. The van der Waals surface area contributed by atoms with Crippen molar-refractivity contribution in [3.05, 3.63) is 32.6 Å². The highest BCUT2D eigenvalue weighted by Crippen LogP contribution is 2.23. The molecule has 24 heavy (non-hydrogen) atoms. The van der Waals surface area contributed by atoms with Gasteiger partial charge in [0, 0.05) is 12.1 Å². The Kier molecular flexibility index (Phi) is 6.73. The molecule has 1 amide bonds. The largest absolute Gasteiger partial charge is 0.361 e. The minimum absolute atomic E-state index is 0.0451. The molecule has 0 fully saturated rings. The standard InChI is InChI=1S/C18H25N3O2S/c1-5-7-8-15-14(13(4)23-21-15)9-10-16-20-12(3)17(24-16)18(22)19-11-6-2/h9-10H,5-8,11H2,1-4H3,(H,19,22). The van der Waals surface area contributed by atoms with E-state index in [0.29, 0.717) is 11.4 Å². The van der Waals surface area contributed by atoms with E-state index in [1.807, 2.05) is 32.9 Å². The summed E-state index contributed by atoms with van der Waals surface area (Å²) in [6, 6.07) is 0. The first-order valence-corrected chi connectivity index (χ1v) is 9.27. The Labute approximate surface area is 147 Å². The van der Waals surface area contributed by atoms with Crippen LogP contribution in [-0.2, 0) is 6.42 Å². The molecule has 0 saturated carbocycles. The lowest BCUT2D eigenvalue weighted by Crippen LogP contribution is -2.23. The van der Waals surface area contributed by atoms with Gasteiger partial charge in [0.05, 0.1) is 11.4 Å². The van der Waals surface area contributed by atoms with E-state index in [1.54, 1.807) is 0 Å². The lowest BCUT2D eigenvalue weighted by molar-refractivity contribution is 0.0957. The normalized spacial score (nSPS) is 11.3. The Morgan fingerprint density at radius 3 is 2.75 bits per heavy atom. The van der Waals surface area contributed by atoms with Crippen molar-refractivity contribution >= 4 is 29.4 Å². The number of carbonyl (C=O) groups excluding carboxylic acids is 1. The number of nitrogens with zero attached hydrogens (tertiary/aromatic N) is 2. The number of rotatable bonds is 8. The van der Waals surface area contributed by atoms with Crippen molar-refractivity contribution in [2.24, 2.45) is 0 Å². The van der Waals surface area contributed by atoms with Gasteiger partial charge in [-0.1, -0.05) is 25.4 Å². The first kappa shape index (κ1) is 18.4. The lowest BCUT2D eigenvalue weighted by atomic mass is 10.1. The van der Waals surface area contributed by atoms with E-state index in [2.05, 4.69) is 22.4 Å². The average molecular weight is 347 g/mol. The number of nitrogens with one attached hydrogen (secondary N) is 1. The number of hydrogen-bond donors (Lipinski definition) is 1. The molecule has 0 aliphatic heterocycles. The van der Waals surface area contributed by atoms with Crippen molar-refractivity contribution in [3.63, 3.8) is 0 Å². The molecule has 1 N–H and O–H groups in total. The van der Waals surface area contributed by atoms with Gasteiger partial charge >= 0.3 is 0 Å². The van der Waals surface area contributed by atoms with Crippen molar-refractivity contribution in [2.75, 3.05) is 6.54 Å². The van der Waals surface area contributed by atoms with Crippen LogP contribution in [-0.4, -0.2) is 22.6 Å².